The molecule has 2 amide bonds. The molecule has 0 bridgehead atoms. The summed E-state index contributed by atoms with van der Waals surface area (Å²) in [6.45, 7) is 4.30. The van der Waals surface area contributed by atoms with E-state index in [1.807, 2.05) is 28.8 Å². The SMILES string of the molecule is C=CCn1c(SCN2C(=O)c3ccccc3C2=O)nnc1-c1ccc(OC)cc1. The van der Waals surface area contributed by atoms with Crippen LogP contribution in [0.15, 0.2) is 66.3 Å². The zero-order valence-corrected chi connectivity index (χ0v) is 16.6. The van der Waals surface area contributed by atoms with Crippen LogP contribution in [0.4, 0.5) is 0 Å². The molecule has 0 atom stereocenters. The fourth-order valence-electron chi connectivity index (χ4n) is 3.12. The third kappa shape index (κ3) is 3.42. The molecule has 3 aromatic rings. The van der Waals surface area contributed by atoms with Crippen molar-refractivity contribution in [1.82, 2.24) is 19.7 Å². The summed E-state index contributed by atoms with van der Waals surface area (Å²) < 4.78 is 7.10. The largest absolute Gasteiger partial charge is 0.497 e. The first kappa shape index (κ1) is 18.9. The molecule has 4 rings (SSSR count). The molecule has 0 saturated heterocycles. The number of imide groups is 1. The van der Waals surface area contributed by atoms with Crippen molar-refractivity contribution >= 4 is 23.6 Å². The van der Waals surface area contributed by atoms with Crippen LogP contribution < -0.4 is 4.74 Å². The Morgan fingerprint density at radius 2 is 1.69 bits per heavy atom. The highest BCUT2D eigenvalue weighted by atomic mass is 32.2. The van der Waals surface area contributed by atoms with Crippen LogP contribution in [0.3, 0.4) is 0 Å². The maximum atomic E-state index is 12.5. The molecule has 29 heavy (non-hydrogen) atoms. The van der Waals surface area contributed by atoms with Crippen LogP contribution in [0.5, 0.6) is 5.75 Å². The Morgan fingerprint density at radius 3 is 2.28 bits per heavy atom. The lowest BCUT2D eigenvalue weighted by Gasteiger charge is -2.13. The van der Waals surface area contributed by atoms with Crippen LogP contribution in [0, 0.1) is 0 Å². The quantitative estimate of drug-likeness (QED) is 0.340. The van der Waals surface area contributed by atoms with Crippen molar-refractivity contribution in [3.63, 3.8) is 0 Å². The molecule has 8 heteroatoms. The van der Waals surface area contributed by atoms with E-state index in [1.165, 1.54) is 16.7 Å². The van der Waals surface area contributed by atoms with E-state index in [2.05, 4.69) is 16.8 Å². The number of carbonyl (C=O) groups excluding carboxylic acids is 2. The molecule has 146 valence electrons. The summed E-state index contributed by atoms with van der Waals surface area (Å²) in [4.78, 5) is 26.3. The summed E-state index contributed by atoms with van der Waals surface area (Å²) in [6.07, 6.45) is 1.75. The summed E-state index contributed by atoms with van der Waals surface area (Å²) in [5, 5.41) is 9.16. The van der Waals surface area contributed by atoms with Gasteiger partial charge < -0.3 is 4.74 Å². The number of aromatic nitrogens is 3. The van der Waals surface area contributed by atoms with Gasteiger partial charge in [0.25, 0.3) is 11.8 Å². The first-order valence-corrected chi connectivity index (χ1v) is 9.89. The second kappa shape index (κ2) is 7.92. The normalized spacial score (nSPS) is 12.9. The second-order valence-electron chi connectivity index (χ2n) is 6.29. The Kier molecular flexibility index (Phi) is 5.18. The number of hydrogen-bond donors (Lipinski definition) is 0. The van der Waals surface area contributed by atoms with Gasteiger partial charge in [0.05, 0.1) is 24.1 Å². The molecular formula is C21H18N4O3S. The Hall–Kier alpha value is -3.39. The van der Waals surface area contributed by atoms with E-state index >= 15 is 0 Å². The molecule has 0 aliphatic carbocycles. The number of allylic oxidation sites excluding steroid dienone is 1. The Labute approximate surface area is 172 Å². The van der Waals surface area contributed by atoms with Gasteiger partial charge in [-0.2, -0.15) is 0 Å². The van der Waals surface area contributed by atoms with E-state index in [0.717, 1.165) is 11.3 Å². The van der Waals surface area contributed by atoms with Crippen molar-refractivity contribution in [2.75, 3.05) is 13.0 Å². The van der Waals surface area contributed by atoms with E-state index < -0.39 is 0 Å². The van der Waals surface area contributed by atoms with E-state index in [-0.39, 0.29) is 17.7 Å². The monoisotopic (exact) mass is 406 g/mol. The van der Waals surface area contributed by atoms with Gasteiger partial charge in [0, 0.05) is 12.1 Å². The lowest BCUT2D eigenvalue weighted by atomic mass is 10.1. The number of hydrogen-bond acceptors (Lipinski definition) is 6. The smallest absolute Gasteiger partial charge is 0.262 e. The van der Waals surface area contributed by atoms with Gasteiger partial charge in [-0.05, 0) is 36.4 Å². The number of nitrogens with zero attached hydrogens (tertiary/aromatic N) is 4. The molecule has 0 saturated carbocycles. The first-order valence-electron chi connectivity index (χ1n) is 8.90. The van der Waals surface area contributed by atoms with Gasteiger partial charge in [0.2, 0.25) is 0 Å². The molecule has 2 heterocycles. The van der Waals surface area contributed by atoms with Crippen molar-refractivity contribution in [2.45, 2.75) is 11.7 Å². The van der Waals surface area contributed by atoms with Crippen molar-refractivity contribution in [1.29, 1.82) is 0 Å². The number of carbonyl (C=O) groups is 2. The minimum Gasteiger partial charge on any atom is -0.497 e. The molecule has 1 aliphatic heterocycles. The molecule has 2 aromatic carbocycles. The molecule has 0 N–H and O–H groups in total. The Balaban J connectivity index is 1.56. The minimum absolute atomic E-state index is 0.157. The Bertz CT molecular complexity index is 1060. The molecule has 0 fully saturated rings. The number of ether oxygens (including phenoxy) is 1. The van der Waals surface area contributed by atoms with E-state index in [1.54, 1.807) is 37.5 Å². The lowest BCUT2D eigenvalue weighted by molar-refractivity contribution is 0.0684. The lowest BCUT2D eigenvalue weighted by Crippen LogP contribution is -2.29. The van der Waals surface area contributed by atoms with Gasteiger partial charge in [0.15, 0.2) is 11.0 Å². The van der Waals surface area contributed by atoms with Crippen LogP contribution in [0.25, 0.3) is 11.4 Å². The fraction of sp³-hybridized carbons (Fsp3) is 0.143. The standard InChI is InChI=1S/C21H18N4O3S/c1-3-12-24-18(14-8-10-15(28-2)11-9-14)22-23-21(24)29-13-25-19(26)16-6-4-5-7-17(16)20(25)27/h3-11H,1,12-13H2,2H3. The van der Waals surface area contributed by atoms with Gasteiger partial charge in [-0.15, -0.1) is 16.8 Å². The Morgan fingerprint density at radius 1 is 1.03 bits per heavy atom. The molecule has 0 spiro atoms. The molecule has 7 nitrogen and oxygen atoms in total. The summed E-state index contributed by atoms with van der Waals surface area (Å²) in [5.41, 5.74) is 1.75. The predicted octanol–water partition coefficient (Wildman–Crippen LogP) is 3.49. The molecule has 0 unspecified atom stereocenters. The average molecular weight is 406 g/mol. The van der Waals surface area contributed by atoms with E-state index in [9.17, 15) is 9.59 Å². The average Bonchev–Trinajstić information content (AvgIpc) is 3.26. The summed E-state index contributed by atoms with van der Waals surface area (Å²) in [7, 11) is 1.61. The summed E-state index contributed by atoms with van der Waals surface area (Å²) in [5.74, 6) is 1.01. The summed E-state index contributed by atoms with van der Waals surface area (Å²) in [6, 6.07) is 14.4. The van der Waals surface area contributed by atoms with Crippen molar-refractivity contribution < 1.29 is 14.3 Å². The van der Waals surface area contributed by atoms with Gasteiger partial charge >= 0.3 is 0 Å². The third-order valence-electron chi connectivity index (χ3n) is 4.58. The van der Waals surface area contributed by atoms with Gasteiger partial charge in [-0.1, -0.05) is 30.0 Å². The highest BCUT2D eigenvalue weighted by Crippen LogP contribution is 2.29. The highest BCUT2D eigenvalue weighted by molar-refractivity contribution is 7.99. The van der Waals surface area contributed by atoms with Crippen molar-refractivity contribution in [3.8, 4) is 17.1 Å². The third-order valence-corrected chi connectivity index (χ3v) is 5.53. The van der Waals surface area contributed by atoms with Crippen molar-refractivity contribution in [2.24, 2.45) is 0 Å². The molecular weight excluding hydrogens is 388 g/mol. The van der Waals surface area contributed by atoms with Crippen LogP contribution in [-0.2, 0) is 6.54 Å². The predicted molar refractivity (Wildman–Crippen MR) is 110 cm³/mol. The molecule has 1 aromatic heterocycles. The summed E-state index contributed by atoms with van der Waals surface area (Å²) >= 11 is 1.29. The zero-order chi connectivity index (χ0) is 20.4. The van der Waals surface area contributed by atoms with Crippen LogP contribution in [0.2, 0.25) is 0 Å². The number of amides is 2. The number of methoxy groups -OCH3 is 1. The zero-order valence-electron chi connectivity index (χ0n) is 15.7. The van der Waals surface area contributed by atoms with E-state index in [4.69, 9.17) is 4.74 Å². The molecule has 1 aliphatic rings. The number of thioether (sulfide) groups is 1. The van der Waals surface area contributed by atoms with Crippen LogP contribution in [-0.4, -0.2) is 44.5 Å². The number of rotatable bonds is 7. The second-order valence-corrected chi connectivity index (χ2v) is 7.20. The maximum absolute atomic E-state index is 12.5. The van der Waals surface area contributed by atoms with Gasteiger partial charge in [-0.25, -0.2) is 0 Å². The maximum Gasteiger partial charge on any atom is 0.262 e. The molecule has 0 radical (unpaired) electrons. The minimum atomic E-state index is -0.289. The number of benzene rings is 2. The van der Waals surface area contributed by atoms with Gasteiger partial charge in [0.1, 0.15) is 5.75 Å². The van der Waals surface area contributed by atoms with Crippen LogP contribution >= 0.6 is 11.8 Å². The number of fused-ring (bicyclic) bond motifs is 1. The van der Waals surface area contributed by atoms with Crippen molar-refractivity contribution in [3.05, 3.63) is 72.3 Å². The first-order chi connectivity index (χ1) is 14.1. The fourth-order valence-corrected chi connectivity index (χ4v) is 4.02. The van der Waals surface area contributed by atoms with Crippen LogP contribution in [0.1, 0.15) is 20.7 Å². The topological polar surface area (TPSA) is 77.3 Å². The van der Waals surface area contributed by atoms with Gasteiger partial charge in [-0.3, -0.25) is 19.1 Å². The van der Waals surface area contributed by atoms with E-state index in [0.29, 0.717) is 28.7 Å². The highest BCUT2D eigenvalue weighted by Gasteiger charge is 2.35.